The van der Waals surface area contributed by atoms with Gasteiger partial charge in [-0.3, -0.25) is 0 Å². The van der Waals surface area contributed by atoms with Crippen molar-refractivity contribution in [3.63, 3.8) is 0 Å². The van der Waals surface area contributed by atoms with Crippen molar-refractivity contribution in [2.45, 2.75) is 62.9 Å². The van der Waals surface area contributed by atoms with Crippen molar-refractivity contribution in [1.82, 2.24) is 9.97 Å². The molecule has 1 aliphatic heterocycles. The molecule has 1 saturated carbocycles. The quantitative estimate of drug-likeness (QED) is 0.899. The van der Waals surface area contributed by atoms with Gasteiger partial charge in [0, 0.05) is 29.5 Å². The second kappa shape index (κ2) is 6.12. The maximum absolute atomic E-state index is 4.87. The van der Waals surface area contributed by atoms with E-state index >= 15 is 0 Å². The number of fused-ring (bicyclic) bond motifs is 1. The van der Waals surface area contributed by atoms with Crippen LogP contribution in [0.25, 0.3) is 0 Å². The first-order valence-corrected chi connectivity index (χ1v) is 8.75. The maximum Gasteiger partial charge on any atom is 0.134 e. The van der Waals surface area contributed by atoms with Crippen LogP contribution < -0.4 is 5.32 Å². The summed E-state index contributed by atoms with van der Waals surface area (Å²) in [4.78, 5) is 9.74. The smallest absolute Gasteiger partial charge is 0.134 e. The highest BCUT2D eigenvalue weighted by Crippen LogP contribution is 2.36. The first-order chi connectivity index (χ1) is 9.38. The summed E-state index contributed by atoms with van der Waals surface area (Å²) in [6, 6.07) is 0. The molecule has 1 fully saturated rings. The number of aromatic nitrogens is 2. The Balaban J connectivity index is 1.87. The summed E-state index contributed by atoms with van der Waals surface area (Å²) in [5.41, 5.74) is 2.65. The van der Waals surface area contributed by atoms with Crippen molar-refractivity contribution in [2.24, 2.45) is 0 Å². The van der Waals surface area contributed by atoms with Crippen LogP contribution in [0.4, 0.5) is 5.82 Å². The van der Waals surface area contributed by atoms with Crippen molar-refractivity contribution >= 4 is 17.6 Å². The summed E-state index contributed by atoms with van der Waals surface area (Å²) in [5.74, 6) is 4.98. The number of anilines is 1. The molecule has 0 spiro atoms. The number of nitrogens with one attached hydrogen (secondary N) is 1. The van der Waals surface area contributed by atoms with Gasteiger partial charge in [-0.15, -0.1) is 0 Å². The van der Waals surface area contributed by atoms with Gasteiger partial charge in [-0.05, 0) is 19.3 Å². The lowest BCUT2D eigenvalue weighted by Gasteiger charge is -2.21. The number of hydrogen-bond donors (Lipinski definition) is 1. The monoisotopic (exact) mass is 277 g/mol. The van der Waals surface area contributed by atoms with Gasteiger partial charge in [0.05, 0.1) is 5.69 Å². The van der Waals surface area contributed by atoms with Gasteiger partial charge in [-0.1, -0.05) is 26.2 Å². The third kappa shape index (κ3) is 2.88. The molecule has 1 aliphatic carbocycles. The zero-order valence-corrected chi connectivity index (χ0v) is 12.6. The molecular formula is C15H23N3S. The van der Waals surface area contributed by atoms with Crippen LogP contribution in [0, 0.1) is 0 Å². The van der Waals surface area contributed by atoms with Crippen LogP contribution in [0.1, 0.15) is 68.4 Å². The lowest BCUT2D eigenvalue weighted by molar-refractivity contribution is 0.428. The van der Waals surface area contributed by atoms with Crippen molar-refractivity contribution in [2.75, 3.05) is 11.9 Å². The molecule has 1 aromatic heterocycles. The largest absolute Gasteiger partial charge is 0.370 e. The minimum absolute atomic E-state index is 0.604. The Bertz CT molecular complexity index is 441. The molecule has 0 bridgehead atoms. The Morgan fingerprint density at radius 2 is 2.00 bits per heavy atom. The fraction of sp³-hybridized carbons (Fsp3) is 0.733. The van der Waals surface area contributed by atoms with Gasteiger partial charge in [0.2, 0.25) is 0 Å². The first-order valence-electron chi connectivity index (χ1n) is 7.59. The van der Waals surface area contributed by atoms with Gasteiger partial charge in [-0.25, -0.2) is 9.97 Å². The summed E-state index contributed by atoms with van der Waals surface area (Å²) < 4.78 is 0. The van der Waals surface area contributed by atoms with Crippen LogP contribution in [-0.4, -0.2) is 16.5 Å². The van der Waals surface area contributed by atoms with Crippen molar-refractivity contribution in [3.8, 4) is 0 Å². The van der Waals surface area contributed by atoms with Crippen LogP contribution in [0.3, 0.4) is 0 Å². The Morgan fingerprint density at radius 1 is 1.16 bits per heavy atom. The second-order valence-corrected chi connectivity index (χ2v) is 6.60. The predicted molar refractivity (Wildman–Crippen MR) is 81.6 cm³/mol. The zero-order valence-electron chi connectivity index (χ0n) is 11.7. The van der Waals surface area contributed by atoms with E-state index in [2.05, 4.69) is 12.2 Å². The van der Waals surface area contributed by atoms with Crippen LogP contribution in [0.15, 0.2) is 0 Å². The zero-order chi connectivity index (χ0) is 13.1. The van der Waals surface area contributed by atoms with Gasteiger partial charge in [0.15, 0.2) is 0 Å². The lowest BCUT2D eigenvalue weighted by Crippen LogP contribution is -2.14. The normalized spacial score (nSPS) is 19.4. The van der Waals surface area contributed by atoms with Crippen molar-refractivity contribution in [1.29, 1.82) is 0 Å². The van der Waals surface area contributed by atoms with Gasteiger partial charge in [0.1, 0.15) is 11.6 Å². The molecule has 3 nitrogen and oxygen atoms in total. The topological polar surface area (TPSA) is 37.8 Å². The second-order valence-electron chi connectivity index (χ2n) is 5.61. The standard InChI is InChI=1S/C15H23N3S/c1-2-8-16-15-12-9-19-10-13(12)17-14(18-15)11-6-4-3-5-7-11/h11H,2-10H2,1H3,(H,16,17,18). The molecular weight excluding hydrogens is 254 g/mol. The Morgan fingerprint density at radius 3 is 2.79 bits per heavy atom. The van der Waals surface area contributed by atoms with Gasteiger partial charge in [-0.2, -0.15) is 11.8 Å². The molecule has 2 heterocycles. The lowest BCUT2D eigenvalue weighted by atomic mass is 9.88. The molecule has 104 valence electrons. The highest BCUT2D eigenvalue weighted by atomic mass is 32.2. The highest BCUT2D eigenvalue weighted by Gasteiger charge is 2.24. The fourth-order valence-electron chi connectivity index (χ4n) is 3.00. The minimum atomic E-state index is 0.604. The molecule has 0 saturated heterocycles. The molecule has 1 N–H and O–H groups in total. The maximum atomic E-state index is 4.87. The number of rotatable bonds is 4. The summed E-state index contributed by atoms with van der Waals surface area (Å²) in [6.45, 7) is 3.21. The molecule has 4 heteroatoms. The van der Waals surface area contributed by atoms with Crippen LogP contribution in [0.2, 0.25) is 0 Å². The van der Waals surface area contributed by atoms with Crippen molar-refractivity contribution < 1.29 is 0 Å². The Labute approximate surface area is 120 Å². The van der Waals surface area contributed by atoms with E-state index in [1.165, 1.54) is 43.4 Å². The van der Waals surface area contributed by atoms with Crippen LogP contribution in [0.5, 0.6) is 0 Å². The average molecular weight is 277 g/mol. The third-order valence-corrected chi connectivity index (χ3v) is 5.08. The fourth-order valence-corrected chi connectivity index (χ4v) is 4.04. The van der Waals surface area contributed by atoms with E-state index in [0.717, 1.165) is 36.1 Å². The highest BCUT2D eigenvalue weighted by molar-refractivity contribution is 7.98. The van der Waals surface area contributed by atoms with E-state index in [0.29, 0.717) is 5.92 Å². The number of thioether (sulfide) groups is 1. The third-order valence-electron chi connectivity index (χ3n) is 4.11. The molecule has 3 rings (SSSR count). The molecule has 0 atom stereocenters. The minimum Gasteiger partial charge on any atom is -0.370 e. The molecule has 1 aromatic rings. The molecule has 0 aromatic carbocycles. The molecule has 19 heavy (non-hydrogen) atoms. The summed E-state index contributed by atoms with van der Waals surface area (Å²) in [5, 5.41) is 3.51. The molecule has 0 unspecified atom stereocenters. The molecule has 2 aliphatic rings. The summed E-state index contributed by atoms with van der Waals surface area (Å²) >= 11 is 1.96. The first kappa shape index (κ1) is 13.2. The van der Waals surface area contributed by atoms with E-state index < -0.39 is 0 Å². The number of hydrogen-bond acceptors (Lipinski definition) is 4. The summed E-state index contributed by atoms with van der Waals surface area (Å²) in [7, 11) is 0. The van der Waals surface area contributed by atoms with E-state index in [-0.39, 0.29) is 0 Å². The van der Waals surface area contributed by atoms with Gasteiger partial charge >= 0.3 is 0 Å². The van der Waals surface area contributed by atoms with E-state index in [4.69, 9.17) is 9.97 Å². The van der Waals surface area contributed by atoms with Crippen molar-refractivity contribution in [3.05, 3.63) is 17.1 Å². The molecule has 0 radical (unpaired) electrons. The number of nitrogens with zero attached hydrogens (tertiary/aromatic N) is 2. The molecule has 0 amide bonds. The van der Waals surface area contributed by atoms with E-state index in [9.17, 15) is 0 Å². The van der Waals surface area contributed by atoms with Gasteiger partial charge in [0.25, 0.3) is 0 Å². The average Bonchev–Trinajstić information content (AvgIpc) is 2.94. The SMILES string of the molecule is CCCNc1nc(C2CCCCC2)nc2c1CSC2. The van der Waals surface area contributed by atoms with Crippen LogP contribution in [-0.2, 0) is 11.5 Å². The van der Waals surface area contributed by atoms with E-state index in [1.54, 1.807) is 0 Å². The predicted octanol–water partition coefficient (Wildman–Crippen LogP) is 4.09. The summed E-state index contributed by atoms with van der Waals surface area (Å²) in [6.07, 6.45) is 7.77. The Hall–Kier alpha value is -0.770. The Kier molecular flexibility index (Phi) is 4.26. The van der Waals surface area contributed by atoms with Gasteiger partial charge < -0.3 is 5.32 Å². The van der Waals surface area contributed by atoms with Crippen LogP contribution >= 0.6 is 11.8 Å². The van der Waals surface area contributed by atoms with E-state index in [1.807, 2.05) is 11.8 Å².